The van der Waals surface area contributed by atoms with Crippen LogP contribution in [0.5, 0.6) is 0 Å². The average molecular weight is 255 g/mol. The minimum Gasteiger partial charge on any atom is -0.409 e. The molecule has 1 saturated carbocycles. The van der Waals surface area contributed by atoms with Crippen molar-refractivity contribution in [3.05, 3.63) is 0 Å². The molecule has 0 spiro atoms. The van der Waals surface area contributed by atoms with E-state index in [1.807, 2.05) is 13.8 Å². The predicted molar refractivity (Wildman–Crippen MR) is 75.9 cm³/mol. The van der Waals surface area contributed by atoms with Crippen molar-refractivity contribution in [2.24, 2.45) is 16.3 Å². The van der Waals surface area contributed by atoms with E-state index in [1.54, 1.807) is 0 Å². The fraction of sp³-hybridized carbons (Fsp3) is 0.929. The van der Waals surface area contributed by atoms with E-state index in [4.69, 9.17) is 10.9 Å². The van der Waals surface area contributed by atoms with E-state index in [0.29, 0.717) is 5.84 Å². The van der Waals surface area contributed by atoms with Crippen molar-refractivity contribution >= 4 is 5.84 Å². The smallest absolute Gasteiger partial charge is 0.144 e. The summed E-state index contributed by atoms with van der Waals surface area (Å²) in [6.07, 6.45) is 8.81. The van der Waals surface area contributed by atoms with Crippen LogP contribution in [0, 0.1) is 5.41 Å². The molecule has 3 N–H and O–H groups in total. The maximum atomic E-state index is 8.71. The van der Waals surface area contributed by atoms with Crippen LogP contribution in [-0.4, -0.2) is 35.6 Å². The summed E-state index contributed by atoms with van der Waals surface area (Å²) in [4.78, 5) is 2.50. The molecule has 4 heteroatoms. The topological polar surface area (TPSA) is 61.8 Å². The number of oxime groups is 1. The van der Waals surface area contributed by atoms with Crippen LogP contribution in [0.3, 0.4) is 0 Å². The lowest BCUT2D eigenvalue weighted by Gasteiger charge is -2.26. The molecule has 0 unspecified atom stereocenters. The third kappa shape index (κ3) is 4.48. The van der Waals surface area contributed by atoms with Crippen molar-refractivity contribution in [3.8, 4) is 0 Å². The zero-order chi connectivity index (χ0) is 13.6. The number of nitrogens with zero attached hydrogens (tertiary/aromatic N) is 2. The summed E-state index contributed by atoms with van der Waals surface area (Å²) in [6.45, 7) is 5.22. The van der Waals surface area contributed by atoms with Gasteiger partial charge in [-0.3, -0.25) is 0 Å². The van der Waals surface area contributed by atoms with Crippen molar-refractivity contribution < 1.29 is 5.21 Å². The van der Waals surface area contributed by atoms with Gasteiger partial charge in [0.1, 0.15) is 5.84 Å². The molecule has 0 heterocycles. The van der Waals surface area contributed by atoms with Gasteiger partial charge in [0.15, 0.2) is 0 Å². The Morgan fingerprint density at radius 1 is 1.33 bits per heavy atom. The molecule has 1 fully saturated rings. The molecule has 1 rings (SSSR count). The van der Waals surface area contributed by atoms with Crippen molar-refractivity contribution in [2.45, 2.75) is 64.8 Å². The number of unbranched alkanes of at least 4 members (excludes halogenated alkanes) is 1. The van der Waals surface area contributed by atoms with Crippen LogP contribution in [0.1, 0.15) is 58.8 Å². The molecule has 0 amide bonds. The molecule has 18 heavy (non-hydrogen) atoms. The standard InChI is InChI=1S/C14H29N3O/c1-14(2,13(15)16-18)10-6-7-11-17(3)12-8-4-5-9-12/h12,18H,4-11H2,1-3H3,(H2,15,16). The highest BCUT2D eigenvalue weighted by molar-refractivity contribution is 5.85. The molecule has 0 aliphatic heterocycles. The first-order valence-electron chi connectivity index (χ1n) is 7.15. The van der Waals surface area contributed by atoms with Gasteiger partial charge >= 0.3 is 0 Å². The molecule has 106 valence electrons. The lowest BCUT2D eigenvalue weighted by atomic mass is 9.86. The van der Waals surface area contributed by atoms with Crippen molar-refractivity contribution in [3.63, 3.8) is 0 Å². The molecule has 0 saturated heterocycles. The first kappa shape index (κ1) is 15.3. The second kappa shape index (κ2) is 6.98. The monoisotopic (exact) mass is 255 g/mol. The molecule has 0 aromatic heterocycles. The Morgan fingerprint density at radius 3 is 2.50 bits per heavy atom. The van der Waals surface area contributed by atoms with Crippen molar-refractivity contribution in [1.82, 2.24) is 4.90 Å². The third-order valence-electron chi connectivity index (χ3n) is 4.31. The largest absolute Gasteiger partial charge is 0.409 e. The normalized spacial score (nSPS) is 18.8. The highest BCUT2D eigenvalue weighted by Crippen LogP contribution is 2.25. The second-order valence-electron chi connectivity index (χ2n) is 6.25. The van der Waals surface area contributed by atoms with Gasteiger partial charge in [0.05, 0.1) is 0 Å². The van der Waals surface area contributed by atoms with Gasteiger partial charge in [-0.05, 0) is 39.3 Å². The number of hydrogen-bond acceptors (Lipinski definition) is 3. The Labute approximate surface area is 111 Å². The van der Waals surface area contributed by atoms with Crippen LogP contribution in [-0.2, 0) is 0 Å². The predicted octanol–water partition coefficient (Wildman–Crippen LogP) is 2.80. The molecule has 1 aliphatic carbocycles. The van der Waals surface area contributed by atoms with E-state index < -0.39 is 0 Å². The van der Waals surface area contributed by atoms with Gasteiger partial charge in [-0.2, -0.15) is 0 Å². The quantitative estimate of drug-likeness (QED) is 0.242. The zero-order valence-electron chi connectivity index (χ0n) is 12.2. The van der Waals surface area contributed by atoms with Crippen LogP contribution in [0.15, 0.2) is 5.16 Å². The summed E-state index contributed by atoms with van der Waals surface area (Å²) in [5, 5.41) is 11.8. The zero-order valence-corrected chi connectivity index (χ0v) is 12.2. The van der Waals surface area contributed by atoms with E-state index in [-0.39, 0.29) is 5.41 Å². The van der Waals surface area contributed by atoms with Crippen molar-refractivity contribution in [1.29, 1.82) is 0 Å². The fourth-order valence-corrected chi connectivity index (χ4v) is 2.72. The number of nitrogens with two attached hydrogens (primary N) is 1. The number of amidine groups is 1. The molecule has 0 bridgehead atoms. The van der Waals surface area contributed by atoms with Gasteiger partial charge in [-0.15, -0.1) is 0 Å². The number of rotatable bonds is 7. The minimum absolute atomic E-state index is 0.194. The van der Waals surface area contributed by atoms with Gasteiger partial charge in [0.2, 0.25) is 0 Å². The van der Waals surface area contributed by atoms with Gasteiger partial charge in [0.25, 0.3) is 0 Å². The number of hydrogen-bond donors (Lipinski definition) is 2. The molecule has 1 aliphatic rings. The summed E-state index contributed by atoms with van der Waals surface area (Å²) >= 11 is 0. The molecule has 0 atom stereocenters. The van der Waals surface area contributed by atoms with Crippen LogP contribution in [0.2, 0.25) is 0 Å². The van der Waals surface area contributed by atoms with Crippen LogP contribution in [0.4, 0.5) is 0 Å². The van der Waals surface area contributed by atoms with E-state index in [9.17, 15) is 0 Å². The highest BCUT2D eigenvalue weighted by atomic mass is 16.4. The van der Waals surface area contributed by atoms with E-state index in [2.05, 4.69) is 17.1 Å². The van der Waals surface area contributed by atoms with Gasteiger partial charge in [0, 0.05) is 11.5 Å². The van der Waals surface area contributed by atoms with E-state index in [1.165, 1.54) is 32.1 Å². The summed E-state index contributed by atoms with van der Waals surface area (Å²) < 4.78 is 0. The summed E-state index contributed by atoms with van der Waals surface area (Å²) in [7, 11) is 2.24. The Bertz CT molecular complexity index is 270. The first-order valence-corrected chi connectivity index (χ1v) is 7.15. The fourth-order valence-electron chi connectivity index (χ4n) is 2.72. The van der Waals surface area contributed by atoms with Crippen molar-refractivity contribution in [2.75, 3.05) is 13.6 Å². The van der Waals surface area contributed by atoms with E-state index >= 15 is 0 Å². The minimum atomic E-state index is -0.194. The molecule has 4 nitrogen and oxygen atoms in total. The second-order valence-corrected chi connectivity index (χ2v) is 6.25. The molecular formula is C14H29N3O. The lowest BCUT2D eigenvalue weighted by Crippen LogP contribution is -2.33. The Morgan fingerprint density at radius 2 is 1.94 bits per heavy atom. The van der Waals surface area contributed by atoms with Crippen LogP contribution in [0.25, 0.3) is 0 Å². The maximum absolute atomic E-state index is 8.71. The molecule has 0 aromatic carbocycles. The summed E-state index contributed by atoms with van der Waals surface area (Å²) in [5.41, 5.74) is 5.49. The van der Waals surface area contributed by atoms with Gasteiger partial charge in [-0.25, -0.2) is 0 Å². The molecular weight excluding hydrogens is 226 g/mol. The molecule has 0 radical (unpaired) electrons. The Kier molecular flexibility index (Phi) is 5.93. The molecule has 0 aromatic rings. The van der Waals surface area contributed by atoms with Gasteiger partial charge < -0.3 is 15.8 Å². The summed E-state index contributed by atoms with van der Waals surface area (Å²) in [6, 6.07) is 0.807. The highest BCUT2D eigenvalue weighted by Gasteiger charge is 2.23. The van der Waals surface area contributed by atoms with Crippen LogP contribution < -0.4 is 5.73 Å². The SMILES string of the molecule is CN(CCCCC(C)(C)C(N)=NO)C1CCCC1. The summed E-state index contributed by atoms with van der Waals surface area (Å²) in [5.74, 6) is 0.339. The lowest BCUT2D eigenvalue weighted by molar-refractivity contribution is 0.236. The maximum Gasteiger partial charge on any atom is 0.144 e. The van der Waals surface area contributed by atoms with E-state index in [0.717, 1.165) is 25.4 Å². The Balaban J connectivity index is 2.18. The Hall–Kier alpha value is -0.770. The first-order chi connectivity index (χ1) is 8.47. The van der Waals surface area contributed by atoms with Gasteiger partial charge in [-0.1, -0.05) is 38.3 Å². The van der Waals surface area contributed by atoms with Crippen LogP contribution >= 0.6 is 0 Å². The average Bonchev–Trinajstić information content (AvgIpc) is 2.87. The third-order valence-corrected chi connectivity index (χ3v) is 4.31.